The highest BCUT2D eigenvalue weighted by Gasteiger charge is 2.19. The van der Waals surface area contributed by atoms with Crippen LogP contribution in [-0.4, -0.2) is 14.3 Å². The van der Waals surface area contributed by atoms with E-state index < -0.39 is 15.9 Å². The number of carbonyl (C=O) groups excluding carboxylic acids is 1. The number of carbonyl (C=O) groups is 1. The number of rotatable bonds is 8. The smallest absolute Gasteiger partial charge is 0.262 e. The third-order valence-electron chi connectivity index (χ3n) is 5.37. The Morgan fingerprint density at radius 2 is 1.54 bits per heavy atom. The highest BCUT2D eigenvalue weighted by Crippen LogP contribution is 2.23. The number of amides is 1. The van der Waals surface area contributed by atoms with Crippen LogP contribution >= 0.6 is 0 Å². The van der Waals surface area contributed by atoms with Crippen molar-refractivity contribution in [3.05, 3.63) is 119 Å². The molecular weight excluding hydrogens is 460 g/mol. The summed E-state index contributed by atoms with van der Waals surface area (Å²) in [6, 6.07) is 28.6. The number of hydrogen-bond acceptors (Lipinski definition) is 4. The summed E-state index contributed by atoms with van der Waals surface area (Å²) in [5.74, 6) is 0.271. The minimum Gasteiger partial charge on any atom is -0.489 e. The average Bonchev–Trinajstić information content (AvgIpc) is 2.84. The Hall–Kier alpha value is -4.10. The Bertz CT molecular complexity index is 1430. The molecule has 4 aromatic rings. The number of sulfonamides is 1. The minimum absolute atomic E-state index is 0.0521. The molecule has 0 unspecified atom stereocenters. The number of ether oxygens (including phenoxy) is 1. The molecule has 0 aliphatic heterocycles. The molecule has 7 heteroatoms. The molecule has 0 saturated carbocycles. The molecule has 4 rings (SSSR count). The van der Waals surface area contributed by atoms with Crippen LogP contribution in [0.15, 0.2) is 102 Å². The van der Waals surface area contributed by atoms with Gasteiger partial charge in [0.15, 0.2) is 0 Å². The molecule has 178 valence electrons. The Morgan fingerprint density at radius 1 is 0.800 bits per heavy atom. The number of hydrogen-bond donors (Lipinski definition) is 2. The molecule has 0 saturated heterocycles. The Balaban J connectivity index is 1.44. The molecule has 0 atom stereocenters. The molecule has 0 bridgehead atoms. The van der Waals surface area contributed by atoms with Crippen molar-refractivity contribution in [3.63, 3.8) is 0 Å². The lowest BCUT2D eigenvalue weighted by atomic mass is 10.1. The lowest BCUT2D eigenvalue weighted by Crippen LogP contribution is -2.17. The van der Waals surface area contributed by atoms with E-state index in [-0.39, 0.29) is 10.5 Å². The first-order valence-corrected chi connectivity index (χ1v) is 12.6. The van der Waals surface area contributed by atoms with Crippen molar-refractivity contribution in [1.82, 2.24) is 0 Å². The van der Waals surface area contributed by atoms with Gasteiger partial charge < -0.3 is 10.1 Å². The van der Waals surface area contributed by atoms with Crippen molar-refractivity contribution in [1.29, 1.82) is 0 Å². The van der Waals surface area contributed by atoms with Gasteiger partial charge in [-0.3, -0.25) is 9.52 Å². The summed E-state index contributed by atoms with van der Waals surface area (Å²) in [6.07, 6.45) is 0. The molecule has 0 aliphatic carbocycles. The predicted octanol–water partition coefficient (Wildman–Crippen LogP) is 5.94. The third kappa shape index (κ3) is 6.28. The number of aryl methyl sites for hydroxylation is 2. The summed E-state index contributed by atoms with van der Waals surface area (Å²) < 4.78 is 34.4. The highest BCUT2D eigenvalue weighted by molar-refractivity contribution is 7.92. The molecule has 0 aromatic heterocycles. The molecule has 4 aromatic carbocycles. The first-order valence-electron chi connectivity index (χ1n) is 11.1. The van der Waals surface area contributed by atoms with E-state index in [1.54, 1.807) is 61.5 Å². The normalized spacial score (nSPS) is 11.0. The van der Waals surface area contributed by atoms with Crippen LogP contribution in [-0.2, 0) is 16.6 Å². The van der Waals surface area contributed by atoms with Gasteiger partial charge in [0.1, 0.15) is 12.4 Å². The van der Waals surface area contributed by atoms with Crippen LogP contribution in [0.25, 0.3) is 0 Å². The number of nitrogens with one attached hydrogen (secondary N) is 2. The fourth-order valence-corrected chi connectivity index (χ4v) is 4.85. The summed E-state index contributed by atoms with van der Waals surface area (Å²) in [6.45, 7) is 4.03. The van der Waals surface area contributed by atoms with E-state index in [4.69, 9.17) is 4.74 Å². The van der Waals surface area contributed by atoms with E-state index in [0.717, 1.165) is 11.1 Å². The Kier molecular flexibility index (Phi) is 7.17. The standard InChI is InChI=1S/C28H26N2O4S/c1-20-7-6-10-25(17-20)30-35(32,33)27-18-23(12-11-21(27)2)28(31)29-24-13-15-26(16-14-24)34-19-22-8-4-3-5-9-22/h3-18,30H,19H2,1-2H3,(H,29,31). The quantitative estimate of drug-likeness (QED) is 0.323. The van der Waals surface area contributed by atoms with Crippen LogP contribution in [0.2, 0.25) is 0 Å². The maximum Gasteiger partial charge on any atom is 0.262 e. The van der Waals surface area contributed by atoms with Gasteiger partial charge in [0.2, 0.25) is 0 Å². The van der Waals surface area contributed by atoms with Crippen LogP contribution in [0, 0.1) is 13.8 Å². The summed E-state index contributed by atoms with van der Waals surface area (Å²) in [4.78, 5) is 12.9. The molecule has 0 spiro atoms. The van der Waals surface area contributed by atoms with Gasteiger partial charge in [0.05, 0.1) is 4.90 Å². The summed E-state index contributed by atoms with van der Waals surface area (Å²) in [7, 11) is -3.87. The van der Waals surface area contributed by atoms with Gasteiger partial charge in [-0.05, 0) is 79.1 Å². The van der Waals surface area contributed by atoms with Gasteiger partial charge in [0.25, 0.3) is 15.9 Å². The fraction of sp³-hybridized carbons (Fsp3) is 0.107. The second kappa shape index (κ2) is 10.4. The molecule has 0 heterocycles. The van der Waals surface area contributed by atoms with Crippen LogP contribution in [0.1, 0.15) is 27.0 Å². The van der Waals surface area contributed by atoms with Gasteiger partial charge >= 0.3 is 0 Å². The van der Waals surface area contributed by atoms with Crippen LogP contribution in [0.3, 0.4) is 0 Å². The second-order valence-electron chi connectivity index (χ2n) is 8.21. The van der Waals surface area contributed by atoms with Crippen LogP contribution < -0.4 is 14.8 Å². The maximum absolute atomic E-state index is 13.0. The van der Waals surface area contributed by atoms with E-state index in [0.29, 0.717) is 29.3 Å². The first-order chi connectivity index (χ1) is 16.8. The van der Waals surface area contributed by atoms with Crippen molar-refractivity contribution in [2.75, 3.05) is 10.0 Å². The lowest BCUT2D eigenvalue weighted by molar-refractivity contribution is 0.102. The predicted molar refractivity (Wildman–Crippen MR) is 138 cm³/mol. The molecular formula is C28H26N2O4S. The molecule has 2 N–H and O–H groups in total. The topological polar surface area (TPSA) is 84.5 Å². The minimum atomic E-state index is -3.87. The SMILES string of the molecule is Cc1cccc(NS(=O)(=O)c2cc(C(=O)Nc3ccc(OCc4ccccc4)cc3)ccc2C)c1. The molecule has 0 fully saturated rings. The number of anilines is 2. The van der Waals surface area contributed by atoms with Crippen molar-refractivity contribution >= 4 is 27.3 Å². The van der Waals surface area contributed by atoms with Gasteiger partial charge in [0, 0.05) is 16.9 Å². The zero-order valence-corrected chi connectivity index (χ0v) is 20.3. The number of benzene rings is 4. The van der Waals surface area contributed by atoms with Gasteiger partial charge in [-0.2, -0.15) is 0 Å². The van der Waals surface area contributed by atoms with Crippen molar-refractivity contribution in [2.24, 2.45) is 0 Å². The van der Waals surface area contributed by atoms with E-state index >= 15 is 0 Å². The van der Waals surface area contributed by atoms with Crippen molar-refractivity contribution < 1.29 is 17.9 Å². The molecule has 1 amide bonds. The highest BCUT2D eigenvalue weighted by atomic mass is 32.2. The monoisotopic (exact) mass is 486 g/mol. The maximum atomic E-state index is 13.0. The van der Waals surface area contributed by atoms with Crippen molar-refractivity contribution in [3.8, 4) is 5.75 Å². The van der Waals surface area contributed by atoms with Gasteiger partial charge in [-0.25, -0.2) is 8.42 Å². The molecule has 0 radical (unpaired) electrons. The Morgan fingerprint density at radius 3 is 2.26 bits per heavy atom. The molecule has 6 nitrogen and oxygen atoms in total. The van der Waals surface area contributed by atoms with E-state index in [1.165, 1.54) is 6.07 Å². The van der Waals surface area contributed by atoms with Crippen LogP contribution in [0.4, 0.5) is 11.4 Å². The second-order valence-corrected chi connectivity index (χ2v) is 9.86. The Labute approximate surface area is 205 Å². The van der Waals surface area contributed by atoms with Gasteiger partial charge in [-0.15, -0.1) is 0 Å². The molecule has 35 heavy (non-hydrogen) atoms. The summed E-state index contributed by atoms with van der Waals surface area (Å²) >= 11 is 0. The first kappa shape index (κ1) is 24.0. The largest absolute Gasteiger partial charge is 0.489 e. The van der Waals surface area contributed by atoms with E-state index in [2.05, 4.69) is 10.0 Å². The third-order valence-corrected chi connectivity index (χ3v) is 6.89. The average molecular weight is 487 g/mol. The van der Waals surface area contributed by atoms with E-state index in [1.807, 2.05) is 43.3 Å². The zero-order valence-electron chi connectivity index (χ0n) is 19.5. The lowest BCUT2D eigenvalue weighted by Gasteiger charge is -2.13. The van der Waals surface area contributed by atoms with Gasteiger partial charge in [-0.1, -0.05) is 48.5 Å². The van der Waals surface area contributed by atoms with Crippen molar-refractivity contribution in [2.45, 2.75) is 25.3 Å². The summed E-state index contributed by atoms with van der Waals surface area (Å²) in [5, 5.41) is 2.80. The van der Waals surface area contributed by atoms with E-state index in [9.17, 15) is 13.2 Å². The molecule has 0 aliphatic rings. The summed E-state index contributed by atoms with van der Waals surface area (Å²) in [5.41, 5.74) is 3.82. The van der Waals surface area contributed by atoms with Crippen LogP contribution in [0.5, 0.6) is 5.75 Å². The zero-order chi connectivity index (χ0) is 24.8. The fourth-order valence-electron chi connectivity index (χ4n) is 3.53.